The van der Waals surface area contributed by atoms with E-state index in [2.05, 4.69) is 12.1 Å². The fourth-order valence-corrected chi connectivity index (χ4v) is 6.04. The molecule has 0 radical (unpaired) electrons. The molecule has 2 fully saturated rings. The second-order valence-corrected chi connectivity index (χ2v) is 10.1. The minimum Gasteiger partial charge on any atom is -0.487 e. The number of carbonyl (C=O) groups is 2. The molecule has 0 bridgehead atoms. The summed E-state index contributed by atoms with van der Waals surface area (Å²) in [5.41, 5.74) is 0.143. The zero-order valence-electron chi connectivity index (χ0n) is 19.8. The fourth-order valence-electron chi connectivity index (χ4n) is 6.04. The molecule has 8 heteroatoms. The van der Waals surface area contributed by atoms with E-state index >= 15 is 0 Å². The largest absolute Gasteiger partial charge is 0.487 e. The molecule has 1 aromatic heterocycles. The van der Waals surface area contributed by atoms with E-state index in [-0.39, 0.29) is 24.3 Å². The molecule has 0 aliphatic carbocycles. The maximum absolute atomic E-state index is 13.5. The van der Waals surface area contributed by atoms with Crippen molar-refractivity contribution in [3.8, 4) is 5.75 Å². The van der Waals surface area contributed by atoms with Crippen LogP contribution in [0.15, 0.2) is 34.9 Å². The molecular weight excluding hydrogens is 436 g/mol. The summed E-state index contributed by atoms with van der Waals surface area (Å²) >= 11 is 0. The van der Waals surface area contributed by atoms with Crippen LogP contribution in [0.25, 0.3) is 0 Å². The molecule has 4 atom stereocenters. The molecular formula is C26H32N2O6. The number of aryl methyl sites for hydroxylation is 1. The Balaban J connectivity index is 1.45. The van der Waals surface area contributed by atoms with Crippen molar-refractivity contribution in [1.29, 1.82) is 0 Å². The summed E-state index contributed by atoms with van der Waals surface area (Å²) in [5, 5.41) is 13.4. The van der Waals surface area contributed by atoms with Crippen molar-refractivity contribution >= 4 is 11.9 Å². The average molecular weight is 469 g/mol. The van der Waals surface area contributed by atoms with Gasteiger partial charge in [-0.3, -0.25) is 9.59 Å². The van der Waals surface area contributed by atoms with Gasteiger partial charge in [0.2, 0.25) is 0 Å². The number of aliphatic carboxylic acids is 1. The average Bonchev–Trinajstić information content (AvgIpc) is 3.45. The van der Waals surface area contributed by atoms with E-state index in [1.807, 2.05) is 36.1 Å². The lowest BCUT2D eigenvalue weighted by Gasteiger charge is -2.54. The molecule has 0 unspecified atom stereocenters. The van der Waals surface area contributed by atoms with Crippen LogP contribution in [0.1, 0.15) is 80.3 Å². The topological polar surface area (TPSA) is 102 Å². The van der Waals surface area contributed by atoms with E-state index in [1.165, 1.54) is 0 Å². The highest BCUT2D eigenvalue weighted by atomic mass is 16.5. The Hall–Kier alpha value is -2.87. The van der Waals surface area contributed by atoms with Gasteiger partial charge in [0.15, 0.2) is 5.69 Å². The number of carbonyl (C=O) groups excluding carboxylic acids is 1. The number of hydrogen-bond acceptors (Lipinski definition) is 6. The lowest BCUT2D eigenvalue weighted by Crippen LogP contribution is -2.60. The monoisotopic (exact) mass is 468 g/mol. The summed E-state index contributed by atoms with van der Waals surface area (Å²) in [7, 11) is 0. The molecule has 5 rings (SSSR count). The summed E-state index contributed by atoms with van der Waals surface area (Å²) < 4.78 is 18.4. The van der Waals surface area contributed by atoms with Crippen LogP contribution >= 0.6 is 0 Å². The number of aromatic nitrogens is 1. The molecule has 1 spiro atoms. The predicted octanol–water partition coefficient (Wildman–Crippen LogP) is 4.40. The van der Waals surface area contributed by atoms with Crippen LogP contribution in [0.5, 0.6) is 5.75 Å². The molecule has 2 aromatic rings. The Morgan fingerprint density at radius 3 is 2.91 bits per heavy atom. The normalized spacial score (nSPS) is 30.0. The number of para-hydroxylation sites is 1. The van der Waals surface area contributed by atoms with Crippen molar-refractivity contribution in [2.45, 2.75) is 76.0 Å². The smallest absolute Gasteiger partial charge is 0.303 e. The second-order valence-electron chi connectivity index (χ2n) is 10.1. The molecule has 3 aliphatic rings. The van der Waals surface area contributed by atoms with E-state index in [0.29, 0.717) is 31.7 Å². The van der Waals surface area contributed by atoms with Crippen LogP contribution in [0.4, 0.5) is 0 Å². The maximum atomic E-state index is 13.5. The Morgan fingerprint density at radius 2 is 2.12 bits per heavy atom. The first-order valence-electron chi connectivity index (χ1n) is 12.2. The van der Waals surface area contributed by atoms with Crippen LogP contribution in [-0.2, 0) is 16.0 Å². The van der Waals surface area contributed by atoms with Crippen molar-refractivity contribution < 1.29 is 28.7 Å². The zero-order valence-corrected chi connectivity index (χ0v) is 19.8. The molecule has 1 N–H and O–H groups in total. The van der Waals surface area contributed by atoms with Crippen molar-refractivity contribution in [2.24, 2.45) is 5.92 Å². The van der Waals surface area contributed by atoms with Crippen molar-refractivity contribution in [3.05, 3.63) is 47.3 Å². The van der Waals surface area contributed by atoms with Gasteiger partial charge in [0.1, 0.15) is 17.1 Å². The molecule has 0 saturated carbocycles. The molecule has 3 aliphatic heterocycles. The molecule has 4 heterocycles. The first-order chi connectivity index (χ1) is 16.3. The SMILES string of the molecule is CCCc1cc(C(=O)N2CCC[C@]23CO[C@H]2c4ccccc4O[C@@](C)(CCC(=O)O)[C@@H]2C3)no1. The van der Waals surface area contributed by atoms with Crippen LogP contribution < -0.4 is 4.74 Å². The van der Waals surface area contributed by atoms with Gasteiger partial charge in [-0.25, -0.2) is 0 Å². The van der Waals surface area contributed by atoms with Gasteiger partial charge in [-0.1, -0.05) is 30.3 Å². The number of hydrogen-bond donors (Lipinski definition) is 1. The van der Waals surface area contributed by atoms with E-state index in [0.717, 1.165) is 42.8 Å². The van der Waals surface area contributed by atoms with E-state index < -0.39 is 17.1 Å². The predicted molar refractivity (Wildman–Crippen MR) is 123 cm³/mol. The number of carboxylic acid groups (broad SMARTS) is 1. The van der Waals surface area contributed by atoms with E-state index in [9.17, 15) is 14.7 Å². The third kappa shape index (κ3) is 3.87. The van der Waals surface area contributed by atoms with Gasteiger partial charge in [0.05, 0.1) is 18.2 Å². The third-order valence-corrected chi connectivity index (χ3v) is 7.80. The number of amides is 1. The second kappa shape index (κ2) is 8.73. The van der Waals surface area contributed by atoms with Gasteiger partial charge in [0, 0.05) is 36.9 Å². The van der Waals surface area contributed by atoms with E-state index in [4.69, 9.17) is 14.0 Å². The summed E-state index contributed by atoms with van der Waals surface area (Å²) in [4.78, 5) is 26.9. The van der Waals surface area contributed by atoms with Crippen LogP contribution in [0, 0.1) is 5.92 Å². The molecule has 8 nitrogen and oxygen atoms in total. The van der Waals surface area contributed by atoms with Crippen molar-refractivity contribution in [3.63, 3.8) is 0 Å². The maximum Gasteiger partial charge on any atom is 0.303 e. The van der Waals surface area contributed by atoms with Gasteiger partial charge in [0.25, 0.3) is 5.91 Å². The van der Waals surface area contributed by atoms with Gasteiger partial charge in [-0.2, -0.15) is 0 Å². The molecule has 182 valence electrons. The number of benzene rings is 1. The molecule has 2 saturated heterocycles. The van der Waals surface area contributed by atoms with Crippen LogP contribution in [-0.4, -0.2) is 51.3 Å². The lowest BCUT2D eigenvalue weighted by molar-refractivity contribution is -0.169. The molecule has 1 aromatic carbocycles. The highest BCUT2D eigenvalue weighted by molar-refractivity contribution is 5.93. The van der Waals surface area contributed by atoms with Crippen molar-refractivity contribution in [1.82, 2.24) is 10.1 Å². The van der Waals surface area contributed by atoms with Gasteiger partial charge in [-0.05, 0) is 45.1 Å². The summed E-state index contributed by atoms with van der Waals surface area (Å²) in [6.45, 7) is 5.12. The van der Waals surface area contributed by atoms with Crippen LogP contribution in [0.3, 0.4) is 0 Å². The Bertz CT molecular complexity index is 1080. The molecule has 34 heavy (non-hydrogen) atoms. The quantitative estimate of drug-likeness (QED) is 0.670. The summed E-state index contributed by atoms with van der Waals surface area (Å²) in [6, 6.07) is 9.58. The molecule has 1 amide bonds. The number of ether oxygens (including phenoxy) is 2. The highest BCUT2D eigenvalue weighted by Gasteiger charge is 2.57. The minimum absolute atomic E-state index is 0.0106. The third-order valence-electron chi connectivity index (χ3n) is 7.80. The number of nitrogens with zero attached hydrogens (tertiary/aromatic N) is 2. The zero-order chi connectivity index (χ0) is 23.9. The van der Waals surface area contributed by atoms with Gasteiger partial charge in [-0.15, -0.1) is 0 Å². The number of likely N-dealkylation sites (tertiary alicyclic amines) is 1. The number of fused-ring (bicyclic) bond motifs is 3. The fraction of sp³-hybridized carbons (Fsp3) is 0.577. The van der Waals surface area contributed by atoms with E-state index in [1.54, 1.807) is 6.07 Å². The van der Waals surface area contributed by atoms with Gasteiger partial charge >= 0.3 is 5.97 Å². The number of rotatable bonds is 6. The Morgan fingerprint density at radius 1 is 1.29 bits per heavy atom. The Kier molecular flexibility index (Phi) is 5.88. The Labute approximate surface area is 199 Å². The highest BCUT2D eigenvalue weighted by Crippen LogP contribution is 2.55. The summed E-state index contributed by atoms with van der Waals surface area (Å²) in [6.07, 6.45) is 4.25. The van der Waals surface area contributed by atoms with Crippen molar-refractivity contribution in [2.75, 3.05) is 13.2 Å². The minimum atomic E-state index is -0.849. The lowest BCUT2D eigenvalue weighted by atomic mass is 9.68. The first-order valence-corrected chi connectivity index (χ1v) is 12.2. The van der Waals surface area contributed by atoms with Gasteiger partial charge < -0.3 is 24.0 Å². The first kappa shape index (κ1) is 22.9. The summed E-state index contributed by atoms with van der Waals surface area (Å²) in [5.74, 6) is 0.403. The number of carboxylic acids is 1. The standard InChI is InChI=1S/C26H32N2O6/c1-3-7-17-14-20(27-34-17)24(31)28-13-6-11-26(28)15-19-23(32-16-26)18-8-4-5-9-21(18)33-25(19,2)12-10-22(29)30/h4-5,8-9,14,19,23H,3,6-7,10-13,15-16H2,1-2H3,(H,29,30)/t19-,23+,25+,26+/m1/s1. The van der Waals surface area contributed by atoms with Crippen LogP contribution in [0.2, 0.25) is 0 Å².